The Balaban J connectivity index is 2.45. The van der Waals surface area contributed by atoms with Crippen LogP contribution in [0.1, 0.15) is 22.7 Å². The molecule has 1 N–H and O–H groups in total. The molecule has 2 nitrogen and oxygen atoms in total. The van der Waals surface area contributed by atoms with Crippen molar-refractivity contribution in [2.75, 3.05) is 7.05 Å². The Morgan fingerprint density at radius 3 is 2.22 bits per heavy atom. The number of hydrogen-bond acceptors (Lipinski definition) is 2. The molecule has 0 saturated carbocycles. The van der Waals surface area contributed by atoms with Crippen molar-refractivity contribution >= 4 is 31.9 Å². The van der Waals surface area contributed by atoms with Crippen molar-refractivity contribution in [3.05, 3.63) is 62.3 Å². The molecule has 0 radical (unpaired) electrons. The molecule has 1 unspecified atom stereocenters. The average molecular weight is 370 g/mol. The number of hydrogen-bond donors (Lipinski definition) is 1. The summed E-state index contributed by atoms with van der Waals surface area (Å²) < 4.78 is 2.13. The van der Waals surface area contributed by atoms with Crippen LogP contribution in [0.4, 0.5) is 0 Å². The summed E-state index contributed by atoms with van der Waals surface area (Å²) in [6.07, 6.45) is 3.77. The average Bonchev–Trinajstić information content (AvgIpc) is 2.28. The lowest BCUT2D eigenvalue weighted by atomic mass is 9.99. The Morgan fingerprint density at radius 1 is 1.00 bits per heavy atom. The first kappa shape index (κ1) is 13.7. The van der Waals surface area contributed by atoms with Crippen LogP contribution >= 0.6 is 31.9 Å². The largest absolute Gasteiger partial charge is 0.309 e. The van der Waals surface area contributed by atoms with Gasteiger partial charge in [-0.2, -0.15) is 0 Å². The third kappa shape index (κ3) is 3.19. The van der Waals surface area contributed by atoms with Gasteiger partial charge in [0.1, 0.15) is 0 Å². The maximum atomic E-state index is 4.26. The van der Waals surface area contributed by atoms with Crippen LogP contribution < -0.4 is 5.32 Å². The highest BCUT2D eigenvalue weighted by Crippen LogP contribution is 2.28. The smallest absolute Gasteiger partial charge is 0.0590 e. The first-order valence-corrected chi connectivity index (χ1v) is 7.23. The Hall–Kier alpha value is -0.710. The predicted octanol–water partition coefficient (Wildman–Crippen LogP) is 4.22. The molecule has 0 aliphatic rings. The maximum absolute atomic E-state index is 4.26. The molecule has 2 rings (SSSR count). The van der Waals surface area contributed by atoms with E-state index in [-0.39, 0.29) is 6.04 Å². The minimum atomic E-state index is 0.145. The maximum Gasteiger partial charge on any atom is 0.0590 e. The van der Waals surface area contributed by atoms with Gasteiger partial charge in [-0.05, 0) is 48.9 Å². The lowest BCUT2D eigenvalue weighted by molar-refractivity contribution is 0.687. The van der Waals surface area contributed by atoms with Gasteiger partial charge < -0.3 is 5.32 Å². The molecule has 18 heavy (non-hydrogen) atoms. The minimum absolute atomic E-state index is 0.145. The molecule has 0 saturated heterocycles. The Morgan fingerprint density at radius 2 is 1.67 bits per heavy atom. The van der Waals surface area contributed by atoms with E-state index in [1.165, 1.54) is 16.7 Å². The second-order valence-electron chi connectivity index (χ2n) is 4.22. The van der Waals surface area contributed by atoms with E-state index < -0.39 is 0 Å². The fourth-order valence-corrected chi connectivity index (χ4v) is 3.33. The van der Waals surface area contributed by atoms with Crippen LogP contribution in [0.15, 0.2) is 45.6 Å². The summed E-state index contributed by atoms with van der Waals surface area (Å²) in [5.41, 5.74) is 3.54. The van der Waals surface area contributed by atoms with Gasteiger partial charge in [-0.25, -0.2) is 0 Å². The third-order valence-corrected chi connectivity index (χ3v) is 3.65. The molecule has 1 atom stereocenters. The molecule has 0 amide bonds. The highest BCUT2D eigenvalue weighted by Gasteiger charge is 2.13. The number of aromatic nitrogens is 1. The summed E-state index contributed by atoms with van der Waals surface area (Å²) in [6, 6.07) is 8.57. The zero-order valence-corrected chi connectivity index (χ0v) is 13.4. The molecule has 0 fully saturated rings. The molecule has 0 spiro atoms. The number of pyridine rings is 1. The van der Waals surface area contributed by atoms with Gasteiger partial charge in [-0.1, -0.05) is 37.9 Å². The fraction of sp³-hybridized carbons (Fsp3) is 0.214. The van der Waals surface area contributed by atoms with Gasteiger partial charge >= 0.3 is 0 Å². The van der Waals surface area contributed by atoms with Crippen molar-refractivity contribution in [3.63, 3.8) is 0 Å². The number of halogens is 2. The standard InChI is InChI=1S/C14H14Br2N2/c1-9-3-11(8-18-7-9)14(17-2)10-4-12(15)6-13(16)5-10/h3-8,14,17H,1-2H3. The number of rotatable bonds is 3. The highest BCUT2D eigenvalue weighted by molar-refractivity contribution is 9.11. The Kier molecular flexibility index (Phi) is 4.54. The molecule has 94 valence electrons. The van der Waals surface area contributed by atoms with Crippen molar-refractivity contribution in [2.45, 2.75) is 13.0 Å². The van der Waals surface area contributed by atoms with E-state index in [0.29, 0.717) is 0 Å². The predicted molar refractivity (Wildman–Crippen MR) is 81.7 cm³/mol. The van der Waals surface area contributed by atoms with E-state index in [9.17, 15) is 0 Å². The molecule has 0 bridgehead atoms. The molecule has 1 aromatic heterocycles. The van der Waals surface area contributed by atoms with E-state index in [1.54, 1.807) is 0 Å². The molecule has 0 aliphatic heterocycles. The van der Waals surface area contributed by atoms with Gasteiger partial charge in [0.2, 0.25) is 0 Å². The van der Waals surface area contributed by atoms with Crippen molar-refractivity contribution in [1.82, 2.24) is 10.3 Å². The van der Waals surface area contributed by atoms with Crippen molar-refractivity contribution in [3.8, 4) is 0 Å². The molecule has 2 aromatic rings. The van der Waals surface area contributed by atoms with Gasteiger partial charge in [-0.15, -0.1) is 0 Å². The quantitative estimate of drug-likeness (QED) is 0.875. The number of benzene rings is 1. The van der Waals surface area contributed by atoms with Crippen LogP contribution in [0.25, 0.3) is 0 Å². The SMILES string of the molecule is CNC(c1cncc(C)c1)c1cc(Br)cc(Br)c1. The minimum Gasteiger partial charge on any atom is -0.309 e. The molecule has 4 heteroatoms. The number of nitrogens with zero attached hydrogens (tertiary/aromatic N) is 1. The summed E-state index contributed by atoms with van der Waals surface area (Å²) >= 11 is 7.05. The molecule has 1 aromatic carbocycles. The molecule has 0 aliphatic carbocycles. The van der Waals surface area contributed by atoms with Crippen LogP contribution in [-0.2, 0) is 0 Å². The summed E-state index contributed by atoms with van der Waals surface area (Å²) in [5, 5.41) is 3.33. The lowest BCUT2D eigenvalue weighted by Crippen LogP contribution is -2.18. The van der Waals surface area contributed by atoms with Crippen LogP contribution in [0.2, 0.25) is 0 Å². The first-order valence-electron chi connectivity index (χ1n) is 5.65. The second-order valence-corrected chi connectivity index (χ2v) is 6.05. The summed E-state index contributed by atoms with van der Waals surface area (Å²) in [4.78, 5) is 4.26. The number of nitrogens with one attached hydrogen (secondary N) is 1. The van der Waals surface area contributed by atoms with Gasteiger partial charge in [0.15, 0.2) is 0 Å². The normalized spacial score (nSPS) is 12.4. The number of aryl methyl sites for hydroxylation is 1. The van der Waals surface area contributed by atoms with E-state index >= 15 is 0 Å². The van der Waals surface area contributed by atoms with E-state index in [1.807, 2.05) is 25.5 Å². The van der Waals surface area contributed by atoms with Gasteiger partial charge in [-0.3, -0.25) is 4.98 Å². The topological polar surface area (TPSA) is 24.9 Å². The molecular formula is C14H14Br2N2. The monoisotopic (exact) mass is 368 g/mol. The highest BCUT2D eigenvalue weighted by atomic mass is 79.9. The van der Waals surface area contributed by atoms with E-state index in [0.717, 1.165) is 8.95 Å². The van der Waals surface area contributed by atoms with E-state index in [2.05, 4.69) is 67.3 Å². The van der Waals surface area contributed by atoms with Crippen molar-refractivity contribution in [2.24, 2.45) is 0 Å². The summed E-state index contributed by atoms with van der Waals surface area (Å²) in [7, 11) is 1.96. The zero-order valence-electron chi connectivity index (χ0n) is 10.2. The van der Waals surface area contributed by atoms with Crippen molar-refractivity contribution < 1.29 is 0 Å². The lowest BCUT2D eigenvalue weighted by Gasteiger charge is -2.18. The van der Waals surface area contributed by atoms with Crippen LogP contribution in [-0.4, -0.2) is 12.0 Å². The van der Waals surface area contributed by atoms with Gasteiger partial charge in [0.05, 0.1) is 6.04 Å². The summed E-state index contributed by atoms with van der Waals surface area (Å²) in [6.45, 7) is 2.06. The van der Waals surface area contributed by atoms with Gasteiger partial charge in [0, 0.05) is 21.3 Å². The van der Waals surface area contributed by atoms with Crippen molar-refractivity contribution in [1.29, 1.82) is 0 Å². The first-order chi connectivity index (χ1) is 8.60. The van der Waals surface area contributed by atoms with Crippen LogP contribution in [0.5, 0.6) is 0 Å². The Labute approximate surface area is 124 Å². The van der Waals surface area contributed by atoms with Gasteiger partial charge in [0.25, 0.3) is 0 Å². The molecular weight excluding hydrogens is 356 g/mol. The van der Waals surface area contributed by atoms with E-state index in [4.69, 9.17) is 0 Å². The van der Waals surface area contributed by atoms with Crippen LogP contribution in [0, 0.1) is 6.92 Å². The fourth-order valence-electron chi connectivity index (χ4n) is 2.00. The summed E-state index contributed by atoms with van der Waals surface area (Å²) in [5.74, 6) is 0. The molecule has 1 heterocycles. The van der Waals surface area contributed by atoms with Crippen LogP contribution in [0.3, 0.4) is 0 Å². The zero-order chi connectivity index (χ0) is 13.1. The Bertz CT molecular complexity index is 535. The third-order valence-electron chi connectivity index (χ3n) is 2.74. The second kappa shape index (κ2) is 5.95.